The van der Waals surface area contributed by atoms with Crippen molar-refractivity contribution in [1.82, 2.24) is 20.4 Å². The summed E-state index contributed by atoms with van der Waals surface area (Å²) in [5.41, 5.74) is 1.22. The van der Waals surface area contributed by atoms with Crippen LogP contribution in [0.1, 0.15) is 37.4 Å². The Morgan fingerprint density at radius 3 is 2.86 bits per heavy atom. The van der Waals surface area contributed by atoms with Gasteiger partial charge in [0.2, 0.25) is 23.5 Å². The normalized spacial score (nSPS) is 15.0. The number of amides is 2. The largest absolute Gasteiger partial charge is 0.344 e. The van der Waals surface area contributed by atoms with Crippen LogP contribution in [0.4, 0.5) is 9.52 Å². The van der Waals surface area contributed by atoms with Gasteiger partial charge in [-0.2, -0.15) is 4.98 Å². The van der Waals surface area contributed by atoms with Crippen molar-refractivity contribution in [2.45, 2.75) is 32.2 Å². The summed E-state index contributed by atoms with van der Waals surface area (Å²) in [6, 6.07) is 5.24. The Hall–Kier alpha value is -3.14. The summed E-state index contributed by atoms with van der Waals surface area (Å²) in [7, 11) is 0. The van der Waals surface area contributed by atoms with Crippen molar-refractivity contribution in [2.75, 3.05) is 11.4 Å². The number of thiazole rings is 1. The number of hydrogen-bond acceptors (Lipinski definition) is 7. The highest BCUT2D eigenvalue weighted by molar-refractivity contribution is 7.14. The van der Waals surface area contributed by atoms with Gasteiger partial charge in [0, 0.05) is 23.9 Å². The molecule has 0 saturated carbocycles. The predicted molar refractivity (Wildman–Crippen MR) is 104 cm³/mol. The highest BCUT2D eigenvalue weighted by atomic mass is 32.1. The first kappa shape index (κ1) is 19.2. The molecule has 0 radical (unpaired) electrons. The molecule has 3 aromatic rings. The fraction of sp³-hybridized carbons (Fsp3) is 0.316. The van der Waals surface area contributed by atoms with Crippen molar-refractivity contribution in [3.05, 3.63) is 47.0 Å². The van der Waals surface area contributed by atoms with E-state index in [4.69, 9.17) is 4.52 Å². The van der Waals surface area contributed by atoms with Crippen LogP contribution in [0.3, 0.4) is 0 Å². The van der Waals surface area contributed by atoms with Crippen LogP contribution in [-0.2, 0) is 16.0 Å². The Labute approximate surface area is 169 Å². The van der Waals surface area contributed by atoms with E-state index in [9.17, 15) is 14.0 Å². The minimum atomic E-state index is -0.498. The molecule has 4 rings (SSSR count). The van der Waals surface area contributed by atoms with Gasteiger partial charge < -0.3 is 9.84 Å². The number of anilines is 1. The maximum Gasteiger partial charge on any atom is 0.249 e. The monoisotopic (exact) mass is 415 g/mol. The highest BCUT2D eigenvalue weighted by Gasteiger charge is 2.25. The number of nitrogens with zero attached hydrogens (tertiary/aromatic N) is 4. The van der Waals surface area contributed by atoms with Gasteiger partial charge in [-0.25, -0.2) is 9.37 Å². The smallest absolute Gasteiger partial charge is 0.249 e. The first-order valence-corrected chi connectivity index (χ1v) is 10.0. The van der Waals surface area contributed by atoms with Crippen molar-refractivity contribution < 1.29 is 18.5 Å². The van der Waals surface area contributed by atoms with E-state index in [-0.39, 0.29) is 29.9 Å². The third kappa shape index (κ3) is 4.32. The zero-order valence-corrected chi connectivity index (χ0v) is 16.4. The molecule has 1 saturated heterocycles. The minimum Gasteiger partial charge on any atom is -0.344 e. The summed E-state index contributed by atoms with van der Waals surface area (Å²) in [6.07, 6.45) is 1.45. The summed E-state index contributed by atoms with van der Waals surface area (Å²) in [5, 5.41) is 9.08. The van der Waals surface area contributed by atoms with Gasteiger partial charge in [0.25, 0.3) is 0 Å². The topological polar surface area (TPSA) is 101 Å². The average molecular weight is 415 g/mol. The SMILES string of the molecule is CC(NC(=O)Cc1csc(N2CCCC2=O)n1)c1nc(-c2ccc(F)cc2)no1. The van der Waals surface area contributed by atoms with Gasteiger partial charge >= 0.3 is 0 Å². The first-order valence-electron chi connectivity index (χ1n) is 9.13. The third-order valence-electron chi connectivity index (χ3n) is 4.48. The van der Waals surface area contributed by atoms with Crippen molar-refractivity contribution in [2.24, 2.45) is 0 Å². The molecule has 1 unspecified atom stereocenters. The third-order valence-corrected chi connectivity index (χ3v) is 5.39. The number of aromatic nitrogens is 3. The minimum absolute atomic E-state index is 0.0670. The molecule has 1 aliphatic heterocycles. The van der Waals surface area contributed by atoms with Gasteiger partial charge in [-0.15, -0.1) is 11.3 Å². The Bertz CT molecular complexity index is 1030. The molecular weight excluding hydrogens is 397 g/mol. The van der Waals surface area contributed by atoms with Crippen LogP contribution in [0.5, 0.6) is 0 Å². The first-order chi connectivity index (χ1) is 14.0. The summed E-state index contributed by atoms with van der Waals surface area (Å²) >= 11 is 1.36. The van der Waals surface area contributed by atoms with Gasteiger partial charge in [-0.3, -0.25) is 14.5 Å². The van der Waals surface area contributed by atoms with Crippen LogP contribution >= 0.6 is 11.3 Å². The van der Waals surface area contributed by atoms with Crippen molar-refractivity contribution in [3.8, 4) is 11.4 Å². The van der Waals surface area contributed by atoms with Crippen LogP contribution in [0, 0.1) is 5.82 Å². The summed E-state index contributed by atoms with van der Waals surface area (Å²) in [6.45, 7) is 2.40. The molecule has 150 valence electrons. The van der Waals surface area contributed by atoms with E-state index in [1.54, 1.807) is 29.3 Å². The molecule has 0 spiro atoms. The van der Waals surface area contributed by atoms with E-state index < -0.39 is 6.04 Å². The lowest BCUT2D eigenvalue weighted by Crippen LogP contribution is -2.28. The number of hydrogen-bond donors (Lipinski definition) is 1. The lowest BCUT2D eigenvalue weighted by molar-refractivity contribution is -0.121. The summed E-state index contributed by atoms with van der Waals surface area (Å²) in [5.74, 6) is 0.0400. The zero-order valence-electron chi connectivity index (χ0n) is 15.6. The molecule has 1 aliphatic rings. The Kier molecular flexibility index (Phi) is 5.34. The molecule has 1 fully saturated rings. The molecule has 0 aliphatic carbocycles. The van der Waals surface area contributed by atoms with E-state index in [2.05, 4.69) is 20.4 Å². The molecule has 1 N–H and O–H groups in total. The maximum atomic E-state index is 13.0. The van der Waals surface area contributed by atoms with Crippen LogP contribution in [0.2, 0.25) is 0 Å². The van der Waals surface area contributed by atoms with E-state index >= 15 is 0 Å². The maximum absolute atomic E-state index is 13.0. The van der Waals surface area contributed by atoms with Gasteiger partial charge in [0.05, 0.1) is 12.1 Å². The lowest BCUT2D eigenvalue weighted by atomic mass is 10.2. The molecule has 2 amide bonds. The molecule has 10 heteroatoms. The predicted octanol–water partition coefficient (Wildman–Crippen LogP) is 2.88. The van der Waals surface area contributed by atoms with Crippen LogP contribution < -0.4 is 10.2 Å². The van der Waals surface area contributed by atoms with Gasteiger partial charge in [0.1, 0.15) is 11.9 Å². The molecule has 8 nitrogen and oxygen atoms in total. The van der Waals surface area contributed by atoms with E-state index in [0.29, 0.717) is 35.2 Å². The van der Waals surface area contributed by atoms with Crippen molar-refractivity contribution >= 4 is 28.3 Å². The molecule has 1 atom stereocenters. The van der Waals surface area contributed by atoms with E-state index in [1.807, 2.05) is 0 Å². The number of halogens is 1. The number of nitrogens with one attached hydrogen (secondary N) is 1. The lowest BCUT2D eigenvalue weighted by Gasteiger charge is -2.10. The standard InChI is InChI=1S/C19H18FN5O3S/c1-11(18-23-17(24-28-18)12-4-6-13(20)7-5-12)21-15(26)9-14-10-29-19(22-14)25-8-2-3-16(25)27/h4-7,10-11H,2-3,8-9H2,1H3,(H,21,26). The van der Waals surface area contributed by atoms with Gasteiger partial charge in [-0.05, 0) is 37.6 Å². The van der Waals surface area contributed by atoms with Gasteiger partial charge in [-0.1, -0.05) is 5.16 Å². The Morgan fingerprint density at radius 2 is 2.14 bits per heavy atom. The molecule has 0 bridgehead atoms. The fourth-order valence-electron chi connectivity index (χ4n) is 3.00. The molecule has 2 aromatic heterocycles. The quantitative estimate of drug-likeness (QED) is 0.664. The van der Waals surface area contributed by atoms with E-state index in [1.165, 1.54) is 23.5 Å². The van der Waals surface area contributed by atoms with Crippen molar-refractivity contribution in [1.29, 1.82) is 0 Å². The highest BCUT2D eigenvalue weighted by Crippen LogP contribution is 2.25. The number of carbonyl (C=O) groups is 2. The molecule has 29 heavy (non-hydrogen) atoms. The van der Waals surface area contributed by atoms with Gasteiger partial charge in [0.15, 0.2) is 5.13 Å². The molecular formula is C19H18FN5O3S. The van der Waals surface area contributed by atoms with Crippen LogP contribution in [-0.4, -0.2) is 33.5 Å². The number of carbonyl (C=O) groups excluding carboxylic acids is 2. The second-order valence-electron chi connectivity index (χ2n) is 6.70. The van der Waals surface area contributed by atoms with Crippen molar-refractivity contribution in [3.63, 3.8) is 0 Å². The Morgan fingerprint density at radius 1 is 1.34 bits per heavy atom. The average Bonchev–Trinajstić information content (AvgIpc) is 3.43. The summed E-state index contributed by atoms with van der Waals surface area (Å²) < 4.78 is 18.2. The van der Waals surface area contributed by atoms with Crippen LogP contribution in [0.15, 0.2) is 34.2 Å². The van der Waals surface area contributed by atoms with E-state index in [0.717, 1.165) is 6.42 Å². The second-order valence-corrected chi connectivity index (χ2v) is 7.54. The zero-order chi connectivity index (χ0) is 20.4. The molecule has 3 heterocycles. The Balaban J connectivity index is 1.36. The fourth-order valence-corrected chi connectivity index (χ4v) is 3.87. The summed E-state index contributed by atoms with van der Waals surface area (Å²) in [4.78, 5) is 34.5. The second kappa shape index (κ2) is 8.08. The number of benzene rings is 1. The number of rotatable bonds is 6. The molecule has 1 aromatic carbocycles. The van der Waals surface area contributed by atoms with Crippen LogP contribution in [0.25, 0.3) is 11.4 Å².